The summed E-state index contributed by atoms with van der Waals surface area (Å²) in [4.78, 5) is 32.6. The van der Waals surface area contributed by atoms with Crippen LogP contribution in [0.2, 0.25) is 12.6 Å². The van der Waals surface area contributed by atoms with Crippen LogP contribution < -0.4 is 0 Å². The molecule has 0 aromatic carbocycles. The first-order valence-corrected chi connectivity index (χ1v) is 7.50. The molecular formula is C10H16O6Si. The SMILES string of the molecule is C=CC(=O)OCC[Si](C)(OC(C)=O)OC(C)=O. The van der Waals surface area contributed by atoms with Gasteiger partial charge in [0.2, 0.25) is 0 Å². The second-order valence-electron chi connectivity index (χ2n) is 3.44. The number of carbonyl (C=O) groups is 3. The van der Waals surface area contributed by atoms with Crippen molar-refractivity contribution >= 4 is 26.5 Å². The quantitative estimate of drug-likeness (QED) is 0.401. The molecule has 0 radical (unpaired) electrons. The summed E-state index contributed by atoms with van der Waals surface area (Å²) in [6.07, 6.45) is 1.02. The Kier molecular flexibility index (Phi) is 6.19. The molecule has 0 aromatic rings. The van der Waals surface area contributed by atoms with Gasteiger partial charge in [0.1, 0.15) is 0 Å². The number of ether oxygens (including phenoxy) is 1. The van der Waals surface area contributed by atoms with Crippen molar-refractivity contribution in [2.45, 2.75) is 26.4 Å². The van der Waals surface area contributed by atoms with Gasteiger partial charge in [0, 0.05) is 32.5 Å². The lowest BCUT2D eigenvalue weighted by atomic mass is 10.6. The van der Waals surface area contributed by atoms with Gasteiger partial charge in [-0.1, -0.05) is 6.58 Å². The first kappa shape index (κ1) is 15.4. The minimum absolute atomic E-state index is 0.00807. The van der Waals surface area contributed by atoms with E-state index in [-0.39, 0.29) is 12.7 Å². The van der Waals surface area contributed by atoms with Crippen molar-refractivity contribution in [1.29, 1.82) is 0 Å². The van der Waals surface area contributed by atoms with Crippen LogP contribution >= 0.6 is 0 Å². The second-order valence-corrected chi connectivity index (χ2v) is 6.62. The van der Waals surface area contributed by atoms with Crippen LogP contribution in [0.4, 0.5) is 0 Å². The Balaban J connectivity index is 4.37. The van der Waals surface area contributed by atoms with Gasteiger partial charge in [0.25, 0.3) is 11.9 Å². The van der Waals surface area contributed by atoms with Gasteiger partial charge in [-0.2, -0.15) is 0 Å². The topological polar surface area (TPSA) is 78.9 Å². The molecule has 0 heterocycles. The van der Waals surface area contributed by atoms with E-state index >= 15 is 0 Å². The van der Waals surface area contributed by atoms with Gasteiger partial charge < -0.3 is 13.6 Å². The minimum atomic E-state index is -2.97. The van der Waals surface area contributed by atoms with Crippen LogP contribution in [-0.2, 0) is 28.0 Å². The Morgan fingerprint density at radius 1 is 1.18 bits per heavy atom. The molecule has 96 valence electrons. The predicted octanol–water partition coefficient (Wildman–Crippen LogP) is 0.914. The number of rotatable bonds is 6. The average Bonchev–Trinajstić information content (AvgIpc) is 2.14. The summed E-state index contributed by atoms with van der Waals surface area (Å²) < 4.78 is 14.8. The van der Waals surface area contributed by atoms with Crippen LogP contribution in [0.3, 0.4) is 0 Å². The third-order valence-corrected chi connectivity index (χ3v) is 4.24. The first-order chi connectivity index (χ1) is 7.79. The van der Waals surface area contributed by atoms with Crippen molar-refractivity contribution in [1.82, 2.24) is 0 Å². The molecule has 0 aliphatic heterocycles. The minimum Gasteiger partial charge on any atom is -0.485 e. The monoisotopic (exact) mass is 260 g/mol. The summed E-state index contributed by atoms with van der Waals surface area (Å²) in [5.74, 6) is -1.64. The Morgan fingerprint density at radius 2 is 1.65 bits per heavy atom. The molecule has 7 heteroatoms. The zero-order valence-electron chi connectivity index (χ0n) is 10.1. The Bertz CT molecular complexity index is 309. The third-order valence-electron chi connectivity index (χ3n) is 1.69. The summed E-state index contributed by atoms with van der Waals surface area (Å²) in [5.41, 5.74) is 0. The third kappa shape index (κ3) is 7.29. The maximum atomic E-state index is 10.9. The fourth-order valence-electron chi connectivity index (χ4n) is 1.13. The highest BCUT2D eigenvalue weighted by Gasteiger charge is 2.38. The van der Waals surface area contributed by atoms with Crippen LogP contribution in [0.5, 0.6) is 0 Å². The molecular weight excluding hydrogens is 244 g/mol. The summed E-state index contributed by atoms with van der Waals surface area (Å²) >= 11 is 0. The molecule has 6 nitrogen and oxygen atoms in total. The van der Waals surface area contributed by atoms with E-state index in [1.807, 2.05) is 0 Å². The molecule has 0 atom stereocenters. The van der Waals surface area contributed by atoms with Gasteiger partial charge in [-0.05, 0) is 0 Å². The van der Waals surface area contributed by atoms with Gasteiger partial charge in [-0.25, -0.2) is 4.79 Å². The average molecular weight is 260 g/mol. The van der Waals surface area contributed by atoms with Gasteiger partial charge in [-0.15, -0.1) is 0 Å². The lowest BCUT2D eigenvalue weighted by molar-refractivity contribution is -0.139. The lowest BCUT2D eigenvalue weighted by Gasteiger charge is -2.24. The van der Waals surface area contributed by atoms with E-state index in [1.54, 1.807) is 6.55 Å². The fraction of sp³-hybridized carbons (Fsp3) is 0.500. The molecule has 0 aromatic heterocycles. The molecule has 17 heavy (non-hydrogen) atoms. The molecule has 0 aliphatic rings. The largest absolute Gasteiger partial charge is 0.485 e. The first-order valence-electron chi connectivity index (χ1n) is 4.97. The molecule has 0 spiro atoms. The van der Waals surface area contributed by atoms with E-state index in [9.17, 15) is 14.4 Å². The van der Waals surface area contributed by atoms with Crippen LogP contribution in [0.25, 0.3) is 0 Å². The van der Waals surface area contributed by atoms with Gasteiger partial charge in [0.05, 0.1) is 6.61 Å². The van der Waals surface area contributed by atoms with E-state index < -0.39 is 26.5 Å². The van der Waals surface area contributed by atoms with Crippen molar-refractivity contribution in [3.8, 4) is 0 Å². The van der Waals surface area contributed by atoms with E-state index in [4.69, 9.17) is 13.6 Å². The smallest absolute Gasteiger partial charge is 0.464 e. The molecule has 0 aliphatic carbocycles. The van der Waals surface area contributed by atoms with Crippen LogP contribution in [0.15, 0.2) is 12.7 Å². The van der Waals surface area contributed by atoms with Gasteiger partial charge in [0.15, 0.2) is 0 Å². The van der Waals surface area contributed by atoms with Crippen molar-refractivity contribution in [2.75, 3.05) is 6.61 Å². The molecule has 0 saturated heterocycles. The highest BCUT2D eigenvalue weighted by Crippen LogP contribution is 2.14. The summed E-state index contributed by atoms with van der Waals surface area (Å²) in [5, 5.41) is 0. The van der Waals surface area contributed by atoms with E-state index in [0.717, 1.165) is 6.08 Å². The predicted molar refractivity (Wildman–Crippen MR) is 61.1 cm³/mol. The van der Waals surface area contributed by atoms with E-state index in [1.165, 1.54) is 13.8 Å². The fourth-order valence-corrected chi connectivity index (χ4v) is 3.06. The Labute approximate surface area is 101 Å². The van der Waals surface area contributed by atoms with Crippen LogP contribution in [-0.4, -0.2) is 33.1 Å². The highest BCUT2D eigenvalue weighted by molar-refractivity contribution is 6.69. The molecule has 0 N–H and O–H groups in total. The summed E-state index contributed by atoms with van der Waals surface area (Å²) in [7, 11) is -2.97. The van der Waals surface area contributed by atoms with Crippen LogP contribution in [0, 0.1) is 0 Å². The molecule has 0 unspecified atom stereocenters. The van der Waals surface area contributed by atoms with Crippen molar-refractivity contribution in [2.24, 2.45) is 0 Å². The maximum Gasteiger partial charge on any atom is 0.464 e. The zero-order chi connectivity index (χ0) is 13.5. The molecule has 0 saturated carbocycles. The zero-order valence-corrected chi connectivity index (χ0v) is 11.1. The highest BCUT2D eigenvalue weighted by atomic mass is 28.4. The molecule has 0 bridgehead atoms. The number of esters is 1. The van der Waals surface area contributed by atoms with Gasteiger partial charge in [-0.3, -0.25) is 9.59 Å². The molecule has 0 amide bonds. The lowest BCUT2D eigenvalue weighted by Crippen LogP contribution is -2.42. The van der Waals surface area contributed by atoms with Crippen LogP contribution in [0.1, 0.15) is 13.8 Å². The Hall–Kier alpha value is -1.63. The van der Waals surface area contributed by atoms with Crippen molar-refractivity contribution in [3.05, 3.63) is 12.7 Å². The number of carbonyl (C=O) groups excluding carboxylic acids is 3. The van der Waals surface area contributed by atoms with Gasteiger partial charge >= 0.3 is 14.5 Å². The molecule has 0 fully saturated rings. The van der Waals surface area contributed by atoms with Crippen molar-refractivity contribution < 1.29 is 28.0 Å². The van der Waals surface area contributed by atoms with E-state index in [0.29, 0.717) is 0 Å². The standard InChI is InChI=1S/C10H16O6Si/c1-5-10(13)14-6-7-17(4,15-8(2)11)16-9(3)12/h5H,1,6-7H2,2-4H3. The normalized spacial score (nSPS) is 10.3. The number of hydrogen-bond donors (Lipinski definition) is 0. The van der Waals surface area contributed by atoms with Crippen molar-refractivity contribution in [3.63, 3.8) is 0 Å². The summed E-state index contributed by atoms with van der Waals surface area (Å²) in [6.45, 7) is 7.25. The number of hydrogen-bond acceptors (Lipinski definition) is 6. The molecule has 0 rings (SSSR count). The van der Waals surface area contributed by atoms with E-state index in [2.05, 4.69) is 6.58 Å². The Morgan fingerprint density at radius 3 is 2.00 bits per heavy atom. The second kappa shape index (κ2) is 6.84. The maximum absolute atomic E-state index is 10.9. The summed E-state index contributed by atoms with van der Waals surface area (Å²) in [6, 6.07) is 0.186.